The zero-order chi connectivity index (χ0) is 13.4. The predicted molar refractivity (Wildman–Crippen MR) is 67.6 cm³/mol. The Morgan fingerprint density at radius 3 is 2.72 bits per heavy atom. The van der Waals surface area contributed by atoms with Gasteiger partial charge in [0.2, 0.25) is 5.91 Å². The Bertz CT molecular complexity index is 442. The summed E-state index contributed by atoms with van der Waals surface area (Å²) in [5.41, 5.74) is 0.523. The summed E-state index contributed by atoms with van der Waals surface area (Å²) in [5, 5.41) is 11.1. The van der Waals surface area contributed by atoms with Gasteiger partial charge in [-0.1, -0.05) is 24.8 Å². The van der Waals surface area contributed by atoms with Gasteiger partial charge in [0.25, 0.3) is 0 Å². The summed E-state index contributed by atoms with van der Waals surface area (Å²) < 4.78 is 5.36. The van der Waals surface area contributed by atoms with Crippen LogP contribution >= 0.6 is 0 Å². The third kappa shape index (κ3) is 4.69. The summed E-state index contributed by atoms with van der Waals surface area (Å²) in [6.45, 7) is 3.87. The number of carboxylic acid groups (broad SMARTS) is 1. The van der Waals surface area contributed by atoms with Gasteiger partial charge in [0.05, 0.1) is 12.1 Å². The lowest BCUT2D eigenvalue weighted by Gasteiger charge is -2.10. The minimum absolute atomic E-state index is 0.0644. The van der Waals surface area contributed by atoms with Crippen LogP contribution in [0.1, 0.15) is 12.8 Å². The molecule has 0 aliphatic heterocycles. The van der Waals surface area contributed by atoms with Crippen molar-refractivity contribution in [2.24, 2.45) is 0 Å². The Morgan fingerprint density at radius 2 is 2.06 bits per heavy atom. The van der Waals surface area contributed by atoms with Crippen molar-refractivity contribution >= 4 is 17.6 Å². The van der Waals surface area contributed by atoms with Crippen LogP contribution in [0.15, 0.2) is 36.9 Å². The highest BCUT2D eigenvalue weighted by Gasteiger charge is 2.08. The van der Waals surface area contributed by atoms with Crippen LogP contribution in [0.25, 0.3) is 0 Å². The average Bonchev–Trinajstić information content (AvgIpc) is 2.35. The minimum Gasteiger partial charge on any atom is -0.487 e. The van der Waals surface area contributed by atoms with Crippen LogP contribution in [0.2, 0.25) is 0 Å². The maximum Gasteiger partial charge on any atom is 0.303 e. The van der Waals surface area contributed by atoms with Crippen molar-refractivity contribution in [3.8, 4) is 5.75 Å². The Balaban J connectivity index is 2.62. The molecule has 0 bridgehead atoms. The fraction of sp³-hybridized carbons (Fsp3) is 0.231. The number of benzene rings is 1. The normalized spacial score (nSPS) is 9.56. The number of rotatable bonds is 7. The van der Waals surface area contributed by atoms with Crippen molar-refractivity contribution in [1.29, 1.82) is 0 Å². The summed E-state index contributed by atoms with van der Waals surface area (Å²) in [7, 11) is 0. The van der Waals surface area contributed by atoms with Gasteiger partial charge in [0.15, 0.2) is 0 Å². The lowest BCUT2D eigenvalue weighted by Crippen LogP contribution is -2.14. The molecule has 1 rings (SSSR count). The number of ether oxygens (including phenoxy) is 1. The molecule has 0 saturated carbocycles. The zero-order valence-corrected chi connectivity index (χ0v) is 9.89. The van der Waals surface area contributed by atoms with Gasteiger partial charge in [-0.2, -0.15) is 0 Å². The third-order valence-electron chi connectivity index (χ3n) is 2.08. The molecule has 0 atom stereocenters. The summed E-state index contributed by atoms with van der Waals surface area (Å²) in [4.78, 5) is 21.8. The molecule has 0 aliphatic carbocycles. The number of hydrogen-bond donors (Lipinski definition) is 2. The van der Waals surface area contributed by atoms with Crippen molar-refractivity contribution in [3.63, 3.8) is 0 Å². The highest BCUT2D eigenvalue weighted by Crippen LogP contribution is 2.23. The highest BCUT2D eigenvalue weighted by molar-refractivity contribution is 5.93. The Morgan fingerprint density at radius 1 is 1.33 bits per heavy atom. The van der Waals surface area contributed by atoms with E-state index in [1.807, 2.05) is 0 Å². The molecule has 5 nitrogen and oxygen atoms in total. The van der Waals surface area contributed by atoms with Crippen LogP contribution in [-0.4, -0.2) is 23.6 Å². The number of para-hydroxylation sites is 2. The molecule has 5 heteroatoms. The van der Waals surface area contributed by atoms with E-state index in [1.54, 1.807) is 30.3 Å². The molecule has 0 spiro atoms. The summed E-state index contributed by atoms with van der Waals surface area (Å²) in [5.74, 6) is -0.825. The quantitative estimate of drug-likeness (QED) is 0.725. The van der Waals surface area contributed by atoms with E-state index in [9.17, 15) is 9.59 Å². The number of anilines is 1. The second kappa shape index (κ2) is 7.11. The van der Waals surface area contributed by atoms with Gasteiger partial charge < -0.3 is 15.2 Å². The molecule has 0 radical (unpaired) electrons. The number of carbonyl (C=O) groups excluding carboxylic acids is 1. The highest BCUT2D eigenvalue weighted by atomic mass is 16.5. The van der Waals surface area contributed by atoms with E-state index >= 15 is 0 Å². The topological polar surface area (TPSA) is 75.6 Å². The predicted octanol–water partition coefficient (Wildman–Crippen LogP) is 2.05. The van der Waals surface area contributed by atoms with Crippen LogP contribution in [0.5, 0.6) is 5.75 Å². The fourth-order valence-electron chi connectivity index (χ4n) is 1.28. The van der Waals surface area contributed by atoms with E-state index in [-0.39, 0.29) is 18.7 Å². The van der Waals surface area contributed by atoms with Gasteiger partial charge in [-0.15, -0.1) is 0 Å². The molecule has 0 saturated heterocycles. The fourth-order valence-corrected chi connectivity index (χ4v) is 1.28. The number of aliphatic carboxylic acids is 1. The Hall–Kier alpha value is -2.30. The molecule has 0 fully saturated rings. The van der Waals surface area contributed by atoms with Gasteiger partial charge in [0, 0.05) is 6.42 Å². The SMILES string of the molecule is C=CCOc1ccccc1NC(=O)CCC(=O)O. The number of carboxylic acids is 1. The second-order valence-corrected chi connectivity index (χ2v) is 3.54. The van der Waals surface area contributed by atoms with Gasteiger partial charge in [-0.3, -0.25) is 9.59 Å². The van der Waals surface area contributed by atoms with Crippen LogP contribution in [0, 0.1) is 0 Å². The van der Waals surface area contributed by atoms with E-state index in [1.165, 1.54) is 0 Å². The van der Waals surface area contributed by atoms with E-state index < -0.39 is 5.97 Å². The van der Waals surface area contributed by atoms with Gasteiger partial charge in [-0.25, -0.2) is 0 Å². The molecule has 18 heavy (non-hydrogen) atoms. The molecule has 0 aliphatic rings. The van der Waals surface area contributed by atoms with Crippen LogP contribution in [0.3, 0.4) is 0 Å². The molecule has 0 aromatic heterocycles. The molecule has 1 aromatic rings. The monoisotopic (exact) mass is 249 g/mol. The first-order chi connectivity index (χ1) is 8.63. The summed E-state index contributed by atoms with van der Waals surface area (Å²) in [6, 6.07) is 6.95. The van der Waals surface area contributed by atoms with Crippen molar-refractivity contribution < 1.29 is 19.4 Å². The van der Waals surface area contributed by atoms with Crippen LogP contribution in [0.4, 0.5) is 5.69 Å². The standard InChI is InChI=1S/C13H15NO4/c1-2-9-18-11-6-4-3-5-10(11)14-12(15)7-8-13(16)17/h2-6H,1,7-9H2,(H,14,15)(H,16,17). The van der Waals surface area contributed by atoms with Crippen molar-refractivity contribution in [2.45, 2.75) is 12.8 Å². The first kappa shape index (κ1) is 13.8. The molecular formula is C13H15NO4. The number of carbonyl (C=O) groups is 2. The average molecular weight is 249 g/mol. The smallest absolute Gasteiger partial charge is 0.303 e. The second-order valence-electron chi connectivity index (χ2n) is 3.54. The lowest BCUT2D eigenvalue weighted by atomic mass is 10.2. The van der Waals surface area contributed by atoms with Gasteiger partial charge >= 0.3 is 5.97 Å². The Kier molecular flexibility index (Phi) is 5.44. The maximum absolute atomic E-state index is 11.5. The number of amides is 1. The van der Waals surface area contributed by atoms with Crippen molar-refractivity contribution in [2.75, 3.05) is 11.9 Å². The largest absolute Gasteiger partial charge is 0.487 e. The lowest BCUT2D eigenvalue weighted by molar-refractivity contribution is -0.138. The van der Waals surface area contributed by atoms with Crippen molar-refractivity contribution in [3.05, 3.63) is 36.9 Å². The third-order valence-corrected chi connectivity index (χ3v) is 2.08. The molecule has 1 amide bonds. The van der Waals surface area contributed by atoms with Crippen LogP contribution in [-0.2, 0) is 9.59 Å². The summed E-state index contributed by atoms with van der Waals surface area (Å²) in [6.07, 6.45) is 1.34. The number of hydrogen-bond acceptors (Lipinski definition) is 3. The first-order valence-electron chi connectivity index (χ1n) is 5.48. The Labute approximate surface area is 105 Å². The summed E-state index contributed by atoms with van der Waals surface area (Å²) >= 11 is 0. The maximum atomic E-state index is 11.5. The molecule has 96 valence electrons. The molecular weight excluding hydrogens is 234 g/mol. The minimum atomic E-state index is -0.999. The zero-order valence-electron chi connectivity index (χ0n) is 9.89. The van der Waals surface area contributed by atoms with Gasteiger partial charge in [0.1, 0.15) is 12.4 Å². The van der Waals surface area contributed by atoms with Gasteiger partial charge in [-0.05, 0) is 12.1 Å². The van der Waals surface area contributed by atoms with E-state index in [0.717, 1.165) is 0 Å². The number of nitrogens with one attached hydrogen (secondary N) is 1. The molecule has 2 N–H and O–H groups in total. The van der Waals surface area contributed by atoms with Crippen molar-refractivity contribution in [1.82, 2.24) is 0 Å². The molecule has 0 unspecified atom stereocenters. The first-order valence-corrected chi connectivity index (χ1v) is 5.48. The van der Waals surface area contributed by atoms with E-state index in [4.69, 9.17) is 9.84 Å². The molecule has 1 aromatic carbocycles. The van der Waals surface area contributed by atoms with Crippen LogP contribution < -0.4 is 10.1 Å². The van der Waals surface area contributed by atoms with E-state index in [2.05, 4.69) is 11.9 Å². The molecule has 0 heterocycles. The van der Waals surface area contributed by atoms with E-state index in [0.29, 0.717) is 18.0 Å².